The van der Waals surface area contributed by atoms with Crippen LogP contribution in [0.25, 0.3) is 0 Å². The Bertz CT molecular complexity index is 524. The van der Waals surface area contributed by atoms with E-state index < -0.39 is 7.36 Å². The van der Waals surface area contributed by atoms with E-state index in [2.05, 4.69) is 61.7 Å². The van der Waals surface area contributed by atoms with Crippen LogP contribution in [0.3, 0.4) is 0 Å². The first-order valence-electron chi connectivity index (χ1n) is 11.3. The molecule has 2 rings (SSSR count). The van der Waals surface area contributed by atoms with Gasteiger partial charge in [0.1, 0.15) is 7.36 Å². The molecular weight excluding hydrogens is 385 g/mol. The summed E-state index contributed by atoms with van der Waals surface area (Å²) in [5.41, 5.74) is 6.52. The molecule has 164 valence electrons. The lowest BCUT2D eigenvalue weighted by Gasteiger charge is -2.51. The molecule has 2 aliphatic rings. The van der Waals surface area contributed by atoms with Crippen LogP contribution in [0.5, 0.6) is 0 Å². The molecule has 0 unspecified atom stereocenters. The van der Waals surface area contributed by atoms with Gasteiger partial charge in [0.15, 0.2) is 0 Å². The standard InChI is InChI=1S/C21H44N5PS/c1-20(2,3)24-22-19(28)23-27(21(4,5)6,25-15-11-7-8-12-16-25)26-17-13-9-10-14-18-26/h24H,7-18H2,1-6H3,(H,22,28). The third-order valence-electron chi connectivity index (χ3n) is 5.63. The minimum absolute atomic E-state index is 0.0480. The van der Waals surface area contributed by atoms with Crippen LogP contribution < -0.4 is 10.9 Å². The van der Waals surface area contributed by atoms with Gasteiger partial charge in [0, 0.05) is 36.9 Å². The van der Waals surface area contributed by atoms with Crippen molar-refractivity contribution in [3.05, 3.63) is 0 Å². The number of rotatable bonds is 3. The van der Waals surface area contributed by atoms with E-state index in [-0.39, 0.29) is 10.7 Å². The Hall–Kier alpha value is 0.0000000000000000139. The SMILES string of the molecule is CC(C)(C)NNC(=S)N=P(N1CCCCCC1)(N1CCCCCC1)C(C)(C)C. The summed E-state index contributed by atoms with van der Waals surface area (Å²) >= 11 is 5.78. The van der Waals surface area contributed by atoms with Crippen molar-refractivity contribution in [2.75, 3.05) is 26.2 Å². The van der Waals surface area contributed by atoms with E-state index in [0.717, 1.165) is 26.2 Å². The van der Waals surface area contributed by atoms with Crippen molar-refractivity contribution in [3.63, 3.8) is 0 Å². The Balaban J connectivity index is 2.48. The Kier molecular flexibility index (Phi) is 8.97. The molecule has 0 amide bonds. The molecule has 0 aliphatic carbocycles. The van der Waals surface area contributed by atoms with Crippen molar-refractivity contribution in [3.8, 4) is 0 Å². The Morgan fingerprint density at radius 2 is 1.14 bits per heavy atom. The largest absolute Gasteiger partial charge is 0.296 e. The van der Waals surface area contributed by atoms with Gasteiger partial charge in [-0.2, -0.15) is 0 Å². The van der Waals surface area contributed by atoms with E-state index in [1.54, 1.807) is 0 Å². The summed E-state index contributed by atoms with van der Waals surface area (Å²) in [6.45, 7) is 18.2. The first-order valence-corrected chi connectivity index (χ1v) is 13.3. The minimum Gasteiger partial charge on any atom is -0.296 e. The van der Waals surface area contributed by atoms with Crippen LogP contribution in [0.2, 0.25) is 0 Å². The van der Waals surface area contributed by atoms with Crippen LogP contribution in [0, 0.1) is 0 Å². The Labute approximate surface area is 179 Å². The predicted molar refractivity (Wildman–Crippen MR) is 128 cm³/mol. The number of nitrogens with one attached hydrogen (secondary N) is 2. The van der Waals surface area contributed by atoms with Crippen molar-refractivity contribution in [1.82, 2.24) is 20.2 Å². The van der Waals surface area contributed by atoms with Gasteiger partial charge in [-0.3, -0.25) is 14.8 Å². The van der Waals surface area contributed by atoms with Gasteiger partial charge in [-0.1, -0.05) is 46.5 Å². The molecule has 0 bridgehead atoms. The number of nitrogens with zero attached hydrogens (tertiary/aromatic N) is 3. The zero-order chi connectivity index (χ0) is 20.8. The molecule has 0 aromatic carbocycles. The molecule has 2 fully saturated rings. The smallest absolute Gasteiger partial charge is 0.208 e. The van der Waals surface area contributed by atoms with Crippen molar-refractivity contribution in [2.24, 2.45) is 4.74 Å². The highest BCUT2D eigenvalue weighted by Crippen LogP contribution is 2.66. The van der Waals surface area contributed by atoms with Crippen LogP contribution in [-0.2, 0) is 0 Å². The van der Waals surface area contributed by atoms with Crippen molar-refractivity contribution in [2.45, 2.75) is 104 Å². The fourth-order valence-electron chi connectivity index (χ4n) is 4.36. The summed E-state index contributed by atoms with van der Waals surface area (Å²) in [5.74, 6) is 0. The highest BCUT2D eigenvalue weighted by atomic mass is 32.1. The number of hydrazine groups is 1. The third kappa shape index (κ3) is 6.50. The lowest BCUT2D eigenvalue weighted by molar-refractivity contribution is 0.367. The minimum atomic E-state index is -1.98. The maximum Gasteiger partial charge on any atom is 0.208 e. The average Bonchev–Trinajstić information content (AvgIpc) is 3.01. The lowest BCUT2D eigenvalue weighted by atomic mass is 10.1. The summed E-state index contributed by atoms with van der Waals surface area (Å²) < 4.78 is 11.0. The van der Waals surface area contributed by atoms with Crippen molar-refractivity contribution < 1.29 is 0 Å². The zero-order valence-electron chi connectivity index (χ0n) is 19.2. The summed E-state index contributed by atoms with van der Waals surface area (Å²) in [4.78, 5) is 0. The quantitative estimate of drug-likeness (QED) is 0.340. The first-order chi connectivity index (χ1) is 13.1. The van der Waals surface area contributed by atoms with Crippen molar-refractivity contribution in [1.29, 1.82) is 0 Å². The molecule has 0 spiro atoms. The van der Waals surface area contributed by atoms with Crippen LogP contribution in [0.1, 0.15) is 92.9 Å². The molecule has 2 N–H and O–H groups in total. The second-order valence-corrected chi connectivity index (χ2v) is 14.6. The molecule has 0 aromatic rings. The lowest BCUT2D eigenvalue weighted by Crippen LogP contribution is -2.48. The molecule has 5 nitrogen and oxygen atoms in total. The predicted octanol–water partition coefficient (Wildman–Crippen LogP) is 5.75. The normalized spacial score (nSPS) is 21.6. The molecule has 28 heavy (non-hydrogen) atoms. The summed E-state index contributed by atoms with van der Waals surface area (Å²) in [5, 5.41) is 0.682. The van der Waals surface area contributed by atoms with E-state index in [4.69, 9.17) is 17.0 Å². The second-order valence-electron chi connectivity index (χ2n) is 10.4. The molecule has 0 saturated carbocycles. The fourth-order valence-corrected chi connectivity index (χ4v) is 9.35. The summed E-state index contributed by atoms with van der Waals surface area (Å²) in [6, 6.07) is 0. The van der Waals surface area contributed by atoms with Crippen molar-refractivity contribution >= 4 is 24.7 Å². The van der Waals surface area contributed by atoms with Gasteiger partial charge in [-0.05, 0) is 58.7 Å². The molecule has 0 radical (unpaired) electrons. The van der Waals surface area contributed by atoms with Gasteiger partial charge in [-0.25, -0.2) is 10.2 Å². The maximum absolute atomic E-state index is 5.78. The van der Waals surface area contributed by atoms with Gasteiger partial charge in [0.05, 0.1) is 0 Å². The summed E-state index contributed by atoms with van der Waals surface area (Å²) in [6.07, 6.45) is 10.5. The molecule has 2 heterocycles. The third-order valence-corrected chi connectivity index (χ3v) is 10.6. The van der Waals surface area contributed by atoms with Gasteiger partial charge in [0.2, 0.25) is 5.11 Å². The van der Waals surface area contributed by atoms with Gasteiger partial charge >= 0.3 is 0 Å². The maximum atomic E-state index is 5.78. The van der Waals surface area contributed by atoms with Crippen LogP contribution in [-0.4, -0.2) is 51.3 Å². The molecule has 0 atom stereocenters. The zero-order valence-corrected chi connectivity index (χ0v) is 20.9. The Morgan fingerprint density at radius 3 is 1.46 bits per heavy atom. The van der Waals surface area contributed by atoms with E-state index in [9.17, 15) is 0 Å². The van der Waals surface area contributed by atoms with Crippen LogP contribution in [0.4, 0.5) is 0 Å². The molecular formula is C21H44N5PS. The average molecular weight is 430 g/mol. The molecule has 2 aliphatic heterocycles. The Morgan fingerprint density at radius 1 is 0.750 bits per heavy atom. The van der Waals surface area contributed by atoms with Gasteiger partial charge < -0.3 is 0 Å². The summed E-state index contributed by atoms with van der Waals surface area (Å²) in [7, 11) is -1.98. The number of hydrogen-bond acceptors (Lipinski definition) is 2. The number of hydrogen-bond donors (Lipinski definition) is 2. The fraction of sp³-hybridized carbons (Fsp3) is 0.952. The first kappa shape index (κ1) is 24.3. The topological polar surface area (TPSA) is 42.9 Å². The van der Waals surface area contributed by atoms with E-state index >= 15 is 0 Å². The highest BCUT2D eigenvalue weighted by Gasteiger charge is 2.44. The molecule has 2 saturated heterocycles. The monoisotopic (exact) mass is 429 g/mol. The highest BCUT2D eigenvalue weighted by molar-refractivity contribution is 7.81. The number of thiocarbonyl (C=S) groups is 1. The van der Waals surface area contributed by atoms with Crippen LogP contribution in [0.15, 0.2) is 4.74 Å². The second kappa shape index (κ2) is 10.3. The molecule has 7 heteroatoms. The van der Waals surface area contributed by atoms with Crippen LogP contribution >= 0.6 is 19.6 Å². The van der Waals surface area contributed by atoms with E-state index in [1.165, 1.54) is 51.4 Å². The van der Waals surface area contributed by atoms with Gasteiger partial charge in [-0.15, -0.1) is 0 Å². The van der Waals surface area contributed by atoms with E-state index in [1.807, 2.05) is 0 Å². The van der Waals surface area contributed by atoms with E-state index in [0.29, 0.717) is 5.11 Å². The molecule has 0 aromatic heterocycles. The van der Waals surface area contributed by atoms with Gasteiger partial charge in [0.25, 0.3) is 0 Å².